The summed E-state index contributed by atoms with van der Waals surface area (Å²) in [4.78, 5) is 0. The Morgan fingerprint density at radius 3 is 2.36 bits per heavy atom. The molecule has 1 aliphatic rings. The fourth-order valence-corrected chi connectivity index (χ4v) is 2.19. The van der Waals surface area contributed by atoms with E-state index in [1.807, 2.05) is 0 Å². The van der Waals surface area contributed by atoms with Crippen LogP contribution in [0.3, 0.4) is 0 Å². The highest BCUT2D eigenvalue weighted by atomic mass is 35.5. The summed E-state index contributed by atoms with van der Waals surface area (Å²) in [6, 6.07) is 10.8. The largest absolute Gasteiger partial charge is 0.316 e. The van der Waals surface area contributed by atoms with Gasteiger partial charge < -0.3 is 5.32 Å². The SMILES string of the molecule is CC1(C)CNCC1c1ccccc1.Cl. The molecule has 0 aliphatic carbocycles. The molecule has 2 heteroatoms. The van der Waals surface area contributed by atoms with E-state index in [-0.39, 0.29) is 12.4 Å². The highest BCUT2D eigenvalue weighted by molar-refractivity contribution is 5.85. The van der Waals surface area contributed by atoms with Crippen LogP contribution >= 0.6 is 12.4 Å². The zero-order chi connectivity index (χ0) is 9.31. The molecule has 14 heavy (non-hydrogen) atoms. The number of hydrogen-bond donors (Lipinski definition) is 1. The average Bonchev–Trinajstić information content (AvgIpc) is 2.47. The minimum Gasteiger partial charge on any atom is -0.316 e. The first-order valence-electron chi connectivity index (χ1n) is 4.96. The summed E-state index contributed by atoms with van der Waals surface area (Å²) in [7, 11) is 0. The summed E-state index contributed by atoms with van der Waals surface area (Å²) in [5.41, 5.74) is 1.87. The van der Waals surface area contributed by atoms with E-state index in [4.69, 9.17) is 0 Å². The van der Waals surface area contributed by atoms with Crippen molar-refractivity contribution < 1.29 is 0 Å². The van der Waals surface area contributed by atoms with Gasteiger partial charge in [0.05, 0.1) is 0 Å². The lowest BCUT2D eigenvalue weighted by atomic mass is 9.78. The molecule has 0 bridgehead atoms. The minimum atomic E-state index is 0. The summed E-state index contributed by atoms with van der Waals surface area (Å²) in [5.74, 6) is 0.675. The molecule has 0 saturated carbocycles. The summed E-state index contributed by atoms with van der Waals surface area (Å²) in [6.45, 7) is 6.93. The third-order valence-electron chi connectivity index (χ3n) is 3.07. The van der Waals surface area contributed by atoms with Crippen molar-refractivity contribution in [3.05, 3.63) is 35.9 Å². The lowest BCUT2D eigenvalue weighted by molar-refractivity contribution is 0.363. The maximum Gasteiger partial charge on any atom is 0.00267 e. The monoisotopic (exact) mass is 211 g/mol. The quantitative estimate of drug-likeness (QED) is 0.754. The molecule has 2 rings (SSSR count). The van der Waals surface area contributed by atoms with Gasteiger partial charge in [0.2, 0.25) is 0 Å². The van der Waals surface area contributed by atoms with Crippen molar-refractivity contribution in [1.82, 2.24) is 5.32 Å². The zero-order valence-corrected chi connectivity index (χ0v) is 9.60. The molecular weight excluding hydrogens is 194 g/mol. The molecule has 1 heterocycles. The van der Waals surface area contributed by atoms with Gasteiger partial charge in [-0.25, -0.2) is 0 Å². The Kier molecular flexibility index (Phi) is 3.57. The van der Waals surface area contributed by atoms with Crippen LogP contribution in [0.1, 0.15) is 25.3 Å². The van der Waals surface area contributed by atoms with Crippen molar-refractivity contribution in [3.63, 3.8) is 0 Å². The van der Waals surface area contributed by atoms with Gasteiger partial charge in [-0.15, -0.1) is 12.4 Å². The van der Waals surface area contributed by atoms with Crippen LogP contribution < -0.4 is 5.32 Å². The molecule has 0 radical (unpaired) electrons. The van der Waals surface area contributed by atoms with Crippen molar-refractivity contribution in [3.8, 4) is 0 Å². The van der Waals surface area contributed by atoms with Gasteiger partial charge in [0.15, 0.2) is 0 Å². The van der Waals surface area contributed by atoms with Crippen molar-refractivity contribution in [2.24, 2.45) is 5.41 Å². The van der Waals surface area contributed by atoms with Gasteiger partial charge >= 0.3 is 0 Å². The van der Waals surface area contributed by atoms with Crippen LogP contribution in [-0.2, 0) is 0 Å². The molecule has 0 aromatic heterocycles. The fraction of sp³-hybridized carbons (Fsp3) is 0.500. The van der Waals surface area contributed by atoms with Crippen LogP contribution in [0.5, 0.6) is 0 Å². The normalized spacial score (nSPS) is 24.3. The molecule has 0 amide bonds. The summed E-state index contributed by atoms with van der Waals surface area (Å²) in [6.07, 6.45) is 0. The Morgan fingerprint density at radius 2 is 1.86 bits per heavy atom. The van der Waals surface area contributed by atoms with Gasteiger partial charge in [0.25, 0.3) is 0 Å². The van der Waals surface area contributed by atoms with E-state index < -0.39 is 0 Å². The van der Waals surface area contributed by atoms with Gasteiger partial charge in [-0.1, -0.05) is 44.2 Å². The molecule has 78 valence electrons. The molecular formula is C12H18ClN. The smallest absolute Gasteiger partial charge is 0.00267 e. The molecule has 1 nitrogen and oxygen atoms in total. The van der Waals surface area contributed by atoms with E-state index in [0.29, 0.717) is 11.3 Å². The number of nitrogens with one attached hydrogen (secondary N) is 1. The Bertz CT molecular complexity index is 282. The molecule has 1 fully saturated rings. The first kappa shape index (κ1) is 11.5. The second-order valence-corrected chi connectivity index (χ2v) is 4.58. The molecule has 1 aromatic carbocycles. The number of rotatable bonds is 1. The van der Waals surface area contributed by atoms with Crippen LogP contribution in [0.2, 0.25) is 0 Å². The van der Waals surface area contributed by atoms with Crippen molar-refractivity contribution in [1.29, 1.82) is 0 Å². The highest BCUT2D eigenvalue weighted by Gasteiger charge is 2.34. The summed E-state index contributed by atoms with van der Waals surface area (Å²) in [5, 5.41) is 3.46. The van der Waals surface area contributed by atoms with Crippen molar-refractivity contribution in [2.45, 2.75) is 19.8 Å². The maximum atomic E-state index is 3.46. The molecule has 1 aromatic rings. The van der Waals surface area contributed by atoms with Gasteiger partial charge in [0, 0.05) is 19.0 Å². The van der Waals surface area contributed by atoms with Gasteiger partial charge in [-0.3, -0.25) is 0 Å². The summed E-state index contributed by atoms with van der Waals surface area (Å²) < 4.78 is 0. The topological polar surface area (TPSA) is 12.0 Å². The van der Waals surface area contributed by atoms with E-state index in [9.17, 15) is 0 Å². The summed E-state index contributed by atoms with van der Waals surface area (Å²) >= 11 is 0. The van der Waals surface area contributed by atoms with Crippen molar-refractivity contribution in [2.75, 3.05) is 13.1 Å². The van der Waals surface area contributed by atoms with Crippen molar-refractivity contribution >= 4 is 12.4 Å². The van der Waals surface area contributed by atoms with Crippen LogP contribution in [0.15, 0.2) is 30.3 Å². The van der Waals surface area contributed by atoms with Crippen LogP contribution in [0.25, 0.3) is 0 Å². The predicted molar refractivity (Wildman–Crippen MR) is 63.1 cm³/mol. The molecule has 1 saturated heterocycles. The Morgan fingerprint density at radius 1 is 1.21 bits per heavy atom. The molecule has 0 spiro atoms. The minimum absolute atomic E-state index is 0. The Labute approximate surface area is 92.3 Å². The Hall–Kier alpha value is -0.530. The van der Waals surface area contributed by atoms with Crippen LogP contribution in [-0.4, -0.2) is 13.1 Å². The van der Waals surface area contributed by atoms with E-state index in [1.165, 1.54) is 5.56 Å². The fourth-order valence-electron chi connectivity index (χ4n) is 2.19. The number of hydrogen-bond acceptors (Lipinski definition) is 1. The number of benzene rings is 1. The molecule has 1 aliphatic heterocycles. The van der Waals surface area contributed by atoms with E-state index in [2.05, 4.69) is 49.5 Å². The zero-order valence-electron chi connectivity index (χ0n) is 8.79. The first-order chi connectivity index (χ1) is 6.20. The highest BCUT2D eigenvalue weighted by Crippen LogP contribution is 2.37. The van der Waals surface area contributed by atoms with E-state index in [0.717, 1.165) is 13.1 Å². The van der Waals surface area contributed by atoms with Gasteiger partial charge in [0.1, 0.15) is 0 Å². The lowest BCUT2D eigenvalue weighted by Crippen LogP contribution is -2.20. The molecule has 1 atom stereocenters. The average molecular weight is 212 g/mol. The van der Waals surface area contributed by atoms with E-state index >= 15 is 0 Å². The Balaban J connectivity index is 0.000000980. The van der Waals surface area contributed by atoms with Crippen LogP contribution in [0.4, 0.5) is 0 Å². The van der Waals surface area contributed by atoms with E-state index in [1.54, 1.807) is 0 Å². The predicted octanol–water partition coefficient (Wildman–Crippen LogP) is 2.82. The second kappa shape index (κ2) is 4.33. The first-order valence-corrected chi connectivity index (χ1v) is 4.96. The standard InChI is InChI=1S/C12H17N.ClH/c1-12(2)9-13-8-11(12)10-6-4-3-5-7-10;/h3-7,11,13H,8-9H2,1-2H3;1H. The molecule has 1 N–H and O–H groups in total. The second-order valence-electron chi connectivity index (χ2n) is 4.58. The lowest BCUT2D eigenvalue weighted by Gasteiger charge is -2.25. The van der Waals surface area contributed by atoms with Crippen LogP contribution in [0, 0.1) is 5.41 Å². The third kappa shape index (κ3) is 2.10. The third-order valence-corrected chi connectivity index (χ3v) is 3.07. The number of halogens is 1. The maximum absolute atomic E-state index is 3.46. The van der Waals surface area contributed by atoms with Gasteiger partial charge in [-0.05, 0) is 11.0 Å². The van der Waals surface area contributed by atoms with Gasteiger partial charge in [-0.2, -0.15) is 0 Å². The molecule has 1 unspecified atom stereocenters.